The number of benzene rings is 4. The quantitative estimate of drug-likeness (QED) is 0.225. The number of rotatable bonds is 4. The van der Waals surface area contributed by atoms with Crippen molar-refractivity contribution >= 4 is 38.3 Å². The molecule has 0 saturated carbocycles. The number of allylic oxidation sites excluding steroid dienone is 2. The van der Waals surface area contributed by atoms with E-state index in [1.54, 1.807) is 0 Å². The lowest BCUT2D eigenvalue weighted by Crippen LogP contribution is -2.05. The fraction of sp³-hybridized carbons (Fsp3) is 0.143. The van der Waals surface area contributed by atoms with Gasteiger partial charge in [0, 0.05) is 40.5 Å². The monoisotopic (exact) mass is 477 g/mol. The predicted octanol–water partition coefficient (Wildman–Crippen LogP) is 8.55. The van der Waals surface area contributed by atoms with Crippen LogP contribution in [0.3, 0.4) is 0 Å². The van der Waals surface area contributed by atoms with Crippen molar-refractivity contribution in [3.63, 3.8) is 0 Å². The molecular weight excluding hydrogens is 448 g/mol. The second-order valence-corrected chi connectivity index (χ2v) is 9.81. The zero-order chi connectivity index (χ0) is 24.9. The number of hydrogen-bond donors (Lipinski definition) is 0. The smallest absolute Gasteiger partial charge is 0.214 e. The molecule has 178 valence electrons. The zero-order valence-electron chi connectivity index (χ0n) is 21.3. The summed E-state index contributed by atoms with van der Waals surface area (Å²) in [5.41, 5.74) is 11.6. The van der Waals surface area contributed by atoms with Crippen LogP contribution in [-0.2, 0) is 19.5 Å². The second kappa shape index (κ2) is 8.62. The van der Waals surface area contributed by atoms with Crippen LogP contribution in [0.4, 0.5) is 0 Å². The zero-order valence-corrected chi connectivity index (χ0v) is 21.3. The van der Waals surface area contributed by atoms with E-state index in [9.17, 15) is 0 Å². The van der Waals surface area contributed by atoms with Crippen LogP contribution < -0.4 is 0 Å². The fourth-order valence-corrected chi connectivity index (χ4v) is 6.30. The number of aryl methyl sites for hydroxylation is 2. The largest absolute Gasteiger partial charge is 0.341 e. The van der Waals surface area contributed by atoms with E-state index in [1.165, 1.54) is 66.2 Å². The average Bonchev–Trinajstić information content (AvgIpc) is 3.45. The van der Waals surface area contributed by atoms with Gasteiger partial charge in [-0.1, -0.05) is 66.7 Å². The highest BCUT2D eigenvalue weighted by molar-refractivity contribution is 6.09. The summed E-state index contributed by atoms with van der Waals surface area (Å²) < 4.78 is 4.82. The highest BCUT2D eigenvalue weighted by Gasteiger charge is 2.29. The van der Waals surface area contributed by atoms with Crippen LogP contribution in [0.25, 0.3) is 38.3 Å². The molecule has 0 atom stereocenters. The molecule has 1 aliphatic rings. The van der Waals surface area contributed by atoms with Gasteiger partial charge in [-0.25, -0.2) is 0 Å². The van der Waals surface area contributed by atoms with Gasteiger partial charge in [-0.15, -0.1) is 0 Å². The maximum absolute atomic E-state index is 3.70. The molecule has 2 aromatic heterocycles. The third kappa shape index (κ3) is 3.30. The van der Waals surface area contributed by atoms with Crippen LogP contribution in [0.1, 0.15) is 36.2 Å². The first-order valence-corrected chi connectivity index (χ1v) is 13.3. The van der Waals surface area contributed by atoms with E-state index in [2.05, 4.69) is 132 Å². The van der Waals surface area contributed by atoms with E-state index < -0.39 is 0 Å². The van der Waals surface area contributed by atoms with E-state index in [0.29, 0.717) is 0 Å². The number of para-hydroxylation sites is 2. The van der Waals surface area contributed by atoms with Gasteiger partial charge in [0.25, 0.3) is 0 Å². The van der Waals surface area contributed by atoms with E-state index >= 15 is 0 Å². The van der Waals surface area contributed by atoms with Crippen LogP contribution in [-0.4, -0.2) is 9.13 Å². The SMILES string of the molecule is CCn1c2c(c3ccccc31)CC(=C(c1ccccc1)c1ccc3c(c1)c1ccccc1n3CC)C=[C+]2. The molecule has 0 N–H and O–H groups in total. The van der Waals surface area contributed by atoms with Crippen molar-refractivity contribution in [2.45, 2.75) is 33.4 Å². The van der Waals surface area contributed by atoms with Crippen molar-refractivity contribution < 1.29 is 0 Å². The molecule has 0 unspecified atom stereocenters. The molecule has 0 spiro atoms. The van der Waals surface area contributed by atoms with Gasteiger partial charge in [-0.3, -0.25) is 0 Å². The Morgan fingerprint density at radius 1 is 0.649 bits per heavy atom. The first-order valence-electron chi connectivity index (χ1n) is 13.3. The summed E-state index contributed by atoms with van der Waals surface area (Å²) in [6.07, 6.45) is 6.83. The Labute approximate surface area is 217 Å². The van der Waals surface area contributed by atoms with Crippen molar-refractivity contribution in [1.29, 1.82) is 0 Å². The minimum absolute atomic E-state index is 0.898. The maximum Gasteiger partial charge on any atom is 0.214 e. The molecule has 7 rings (SSSR count). The maximum atomic E-state index is 3.70. The Balaban J connectivity index is 1.48. The lowest BCUT2D eigenvalue weighted by molar-refractivity contribution is 0.772. The summed E-state index contributed by atoms with van der Waals surface area (Å²) in [5, 5.41) is 3.97. The Bertz CT molecular complexity index is 1860. The predicted molar refractivity (Wildman–Crippen MR) is 156 cm³/mol. The standard InChI is InChI=1S/C35H29N2/c1-3-36-31-16-10-8-14-27(31)29-22-25(18-20-33(29)36)35(24-12-6-5-7-13-24)26-19-21-34-30(23-26)28-15-9-11-17-32(28)37(34)4-2/h5-20,22H,3-4,23H2,1-2H3/q+1. The van der Waals surface area contributed by atoms with Gasteiger partial charge in [0.05, 0.1) is 34.5 Å². The molecule has 2 heteroatoms. The normalized spacial score (nSPS) is 14.3. The molecule has 0 fully saturated rings. The average molecular weight is 478 g/mol. The van der Waals surface area contributed by atoms with Gasteiger partial charge < -0.3 is 9.13 Å². The van der Waals surface area contributed by atoms with Gasteiger partial charge >= 0.3 is 0 Å². The van der Waals surface area contributed by atoms with Crippen molar-refractivity contribution in [2.75, 3.05) is 0 Å². The third-order valence-electron chi connectivity index (χ3n) is 7.90. The first kappa shape index (κ1) is 21.9. The van der Waals surface area contributed by atoms with E-state index in [-0.39, 0.29) is 0 Å². The van der Waals surface area contributed by atoms with Gasteiger partial charge in [-0.05, 0) is 55.3 Å². The Morgan fingerprint density at radius 2 is 1.30 bits per heavy atom. The number of aromatic nitrogens is 2. The number of fused-ring (bicyclic) bond motifs is 6. The van der Waals surface area contributed by atoms with Gasteiger partial charge in [-0.2, -0.15) is 0 Å². The molecule has 0 aliphatic heterocycles. The molecule has 6 aromatic rings. The second-order valence-electron chi connectivity index (χ2n) is 9.81. The summed E-state index contributed by atoms with van der Waals surface area (Å²) >= 11 is 0. The molecule has 0 amide bonds. The summed E-state index contributed by atoms with van der Waals surface area (Å²) in [5.74, 6) is 0. The molecule has 2 nitrogen and oxygen atoms in total. The van der Waals surface area contributed by atoms with Crippen LogP contribution in [0.15, 0.2) is 109 Å². The molecule has 37 heavy (non-hydrogen) atoms. The van der Waals surface area contributed by atoms with Crippen molar-refractivity contribution in [3.8, 4) is 0 Å². The highest BCUT2D eigenvalue weighted by Crippen LogP contribution is 2.38. The van der Waals surface area contributed by atoms with E-state index in [4.69, 9.17) is 0 Å². The van der Waals surface area contributed by atoms with Crippen molar-refractivity contribution in [3.05, 3.63) is 137 Å². The van der Waals surface area contributed by atoms with Gasteiger partial charge in [0.15, 0.2) is 0 Å². The summed E-state index contributed by atoms with van der Waals surface area (Å²) in [4.78, 5) is 0. The Morgan fingerprint density at radius 3 is 2.05 bits per heavy atom. The summed E-state index contributed by atoms with van der Waals surface area (Å²) in [7, 11) is 0. The van der Waals surface area contributed by atoms with Crippen LogP contribution in [0.5, 0.6) is 0 Å². The fourth-order valence-electron chi connectivity index (χ4n) is 6.30. The van der Waals surface area contributed by atoms with E-state index in [1.807, 2.05) is 0 Å². The Kier molecular flexibility index (Phi) is 5.09. The van der Waals surface area contributed by atoms with Crippen LogP contribution in [0.2, 0.25) is 0 Å². The van der Waals surface area contributed by atoms with Crippen LogP contribution >= 0.6 is 0 Å². The molecule has 0 bridgehead atoms. The molecular formula is C35H29N2+. The van der Waals surface area contributed by atoms with Crippen molar-refractivity contribution in [1.82, 2.24) is 9.13 Å². The number of hydrogen-bond acceptors (Lipinski definition) is 0. The minimum Gasteiger partial charge on any atom is -0.341 e. The lowest BCUT2D eigenvalue weighted by Gasteiger charge is -2.12. The van der Waals surface area contributed by atoms with E-state index in [0.717, 1.165) is 19.5 Å². The van der Waals surface area contributed by atoms with Crippen molar-refractivity contribution in [2.24, 2.45) is 0 Å². The lowest BCUT2D eigenvalue weighted by atomic mass is 9.86. The molecule has 0 saturated heterocycles. The molecule has 1 aliphatic carbocycles. The van der Waals surface area contributed by atoms with Gasteiger partial charge in [0.2, 0.25) is 5.69 Å². The summed E-state index contributed by atoms with van der Waals surface area (Å²) in [6.45, 7) is 6.35. The molecule has 2 heterocycles. The Hall–Kier alpha value is -4.39. The topological polar surface area (TPSA) is 9.86 Å². The first-order chi connectivity index (χ1) is 18.3. The van der Waals surface area contributed by atoms with Gasteiger partial charge in [0.1, 0.15) is 6.08 Å². The molecule has 4 aromatic carbocycles. The van der Waals surface area contributed by atoms with Crippen LogP contribution in [0, 0.1) is 6.08 Å². The third-order valence-corrected chi connectivity index (χ3v) is 7.90. The highest BCUT2D eigenvalue weighted by atomic mass is 15.0. The summed E-state index contributed by atoms with van der Waals surface area (Å²) in [6, 6.07) is 35.4. The minimum atomic E-state index is 0.898. The number of nitrogens with zero attached hydrogens (tertiary/aromatic N) is 2. The molecule has 0 radical (unpaired) electrons.